The Morgan fingerprint density at radius 2 is 2.00 bits per heavy atom. The van der Waals surface area contributed by atoms with Gasteiger partial charge in [-0.15, -0.1) is 0 Å². The van der Waals surface area contributed by atoms with E-state index in [9.17, 15) is 9.59 Å². The average Bonchev–Trinajstić information content (AvgIpc) is 3.18. The molecule has 2 bridgehead atoms. The van der Waals surface area contributed by atoms with E-state index in [0.717, 1.165) is 30.7 Å². The number of hydrogen-bond donors (Lipinski definition) is 0. The quantitative estimate of drug-likeness (QED) is 0.549. The van der Waals surface area contributed by atoms with Gasteiger partial charge in [0.25, 0.3) is 0 Å². The summed E-state index contributed by atoms with van der Waals surface area (Å²) in [7, 11) is 3.99. The van der Waals surface area contributed by atoms with Crippen molar-refractivity contribution in [3.63, 3.8) is 0 Å². The fourth-order valence-electron chi connectivity index (χ4n) is 7.66. The fourth-order valence-corrected chi connectivity index (χ4v) is 7.98. The summed E-state index contributed by atoms with van der Waals surface area (Å²) in [5.74, 6) is 0.604. The van der Waals surface area contributed by atoms with Crippen LogP contribution in [-0.2, 0) is 32.6 Å². The summed E-state index contributed by atoms with van der Waals surface area (Å²) in [6.45, 7) is 2.39. The number of benzene rings is 2. The largest absolute Gasteiger partial charge is 0.487 e. The number of rotatable bonds is 4. The highest BCUT2D eigenvalue weighted by atomic mass is 35.5. The number of nitrogens with zero attached hydrogens (tertiary/aromatic N) is 2. The van der Waals surface area contributed by atoms with Gasteiger partial charge in [0.15, 0.2) is 0 Å². The molecule has 0 N–H and O–H groups in total. The summed E-state index contributed by atoms with van der Waals surface area (Å²) in [6.07, 6.45) is 2.94. The molecule has 1 saturated heterocycles. The molecule has 0 unspecified atom stereocenters. The number of likely N-dealkylation sites (tertiary alicyclic amines) is 1. The number of hydrogen-bond acceptors (Lipinski definition) is 5. The van der Waals surface area contributed by atoms with Gasteiger partial charge in [-0.05, 0) is 68.6 Å². The van der Waals surface area contributed by atoms with E-state index >= 15 is 0 Å². The molecule has 2 aliphatic carbocycles. The molecule has 2 fully saturated rings. The standard InChI is InChI=1S/C28H30Cl2N2O4/c1-16(33)36-28-10-9-21(32(3)24(34)14-17-7-8-19(29)20(30)13-17)26-27(28)11-12-31(2)23(28)15-18-5-4-6-22(35-26)25(18)27/h4-8,13,21,23,26H,9-12,14-15H2,1-3H3/t21-,23+,26-,27-,28+/m0/s1. The van der Waals surface area contributed by atoms with Crippen molar-refractivity contribution >= 4 is 35.1 Å². The lowest BCUT2D eigenvalue weighted by Gasteiger charge is -2.65. The molecule has 1 saturated carbocycles. The first-order valence-corrected chi connectivity index (χ1v) is 13.3. The Bertz CT molecular complexity index is 1270. The third-order valence-corrected chi connectivity index (χ3v) is 9.85. The average molecular weight is 529 g/mol. The molecule has 1 spiro atoms. The molecule has 36 heavy (non-hydrogen) atoms. The van der Waals surface area contributed by atoms with Crippen LogP contribution in [0.1, 0.15) is 42.9 Å². The van der Waals surface area contributed by atoms with E-state index in [2.05, 4.69) is 18.0 Å². The number of likely N-dealkylation sites (N-methyl/N-ethyl adjacent to an activating group) is 2. The summed E-state index contributed by atoms with van der Waals surface area (Å²) in [5, 5.41) is 0.908. The first-order chi connectivity index (χ1) is 17.2. The SMILES string of the molecule is CC(=O)O[C@@]12CC[C@H](N(C)C(=O)Cc3ccc(Cl)c(Cl)c3)[C@@H]3Oc4cccc5c4[C@@]31CCN(C)[C@@H]2C5. The number of carbonyl (C=O) groups excluding carboxylic acids is 2. The second-order valence-corrected chi connectivity index (χ2v) is 11.6. The summed E-state index contributed by atoms with van der Waals surface area (Å²) < 4.78 is 13.1. The van der Waals surface area contributed by atoms with Gasteiger partial charge in [0.2, 0.25) is 5.91 Å². The van der Waals surface area contributed by atoms with E-state index in [1.807, 2.05) is 30.1 Å². The van der Waals surface area contributed by atoms with Crippen molar-refractivity contribution in [2.45, 2.75) is 68.2 Å². The van der Waals surface area contributed by atoms with Crippen molar-refractivity contribution in [3.05, 3.63) is 63.1 Å². The smallest absolute Gasteiger partial charge is 0.303 e. The van der Waals surface area contributed by atoms with Crippen LogP contribution in [0, 0.1) is 0 Å². The van der Waals surface area contributed by atoms with Gasteiger partial charge in [0.05, 0.1) is 34.0 Å². The Labute approximate surface area is 221 Å². The Balaban J connectivity index is 1.40. The Morgan fingerprint density at radius 1 is 1.19 bits per heavy atom. The highest BCUT2D eigenvalue weighted by Gasteiger charge is 2.75. The molecule has 0 aromatic heterocycles. The maximum atomic E-state index is 13.5. The molecular formula is C28H30Cl2N2O4. The van der Waals surface area contributed by atoms with Crippen molar-refractivity contribution < 1.29 is 19.1 Å². The van der Waals surface area contributed by atoms with Gasteiger partial charge in [-0.1, -0.05) is 41.4 Å². The lowest BCUT2D eigenvalue weighted by atomic mass is 9.48. The first kappa shape index (κ1) is 24.1. The molecule has 0 radical (unpaired) electrons. The summed E-state index contributed by atoms with van der Waals surface area (Å²) in [4.78, 5) is 30.2. The van der Waals surface area contributed by atoms with E-state index in [4.69, 9.17) is 32.7 Å². The van der Waals surface area contributed by atoms with Crippen LogP contribution < -0.4 is 4.74 Å². The molecule has 2 aliphatic heterocycles. The van der Waals surface area contributed by atoms with E-state index in [0.29, 0.717) is 22.9 Å². The predicted octanol–water partition coefficient (Wildman–Crippen LogP) is 4.42. The number of halogens is 2. The van der Waals surface area contributed by atoms with Crippen LogP contribution in [0.2, 0.25) is 10.0 Å². The van der Waals surface area contributed by atoms with Crippen LogP contribution >= 0.6 is 23.2 Å². The molecule has 190 valence electrons. The van der Waals surface area contributed by atoms with Gasteiger partial charge >= 0.3 is 5.97 Å². The maximum absolute atomic E-state index is 13.5. The van der Waals surface area contributed by atoms with E-state index in [-0.39, 0.29) is 36.5 Å². The molecule has 1 amide bonds. The molecule has 8 heteroatoms. The third-order valence-electron chi connectivity index (χ3n) is 9.11. The summed E-state index contributed by atoms with van der Waals surface area (Å²) in [6, 6.07) is 11.5. The highest BCUT2D eigenvalue weighted by molar-refractivity contribution is 6.42. The van der Waals surface area contributed by atoms with Crippen molar-refractivity contribution in [3.8, 4) is 5.75 Å². The van der Waals surface area contributed by atoms with Crippen molar-refractivity contribution in [1.29, 1.82) is 0 Å². The Kier molecular flexibility index (Phi) is 5.60. The number of esters is 1. The molecule has 5 atom stereocenters. The zero-order chi connectivity index (χ0) is 25.4. The third kappa shape index (κ3) is 3.20. The molecule has 2 aromatic carbocycles. The van der Waals surface area contributed by atoms with Crippen LogP contribution in [0.25, 0.3) is 0 Å². The van der Waals surface area contributed by atoms with Gasteiger partial charge in [-0.25, -0.2) is 0 Å². The van der Waals surface area contributed by atoms with Gasteiger partial charge in [0.1, 0.15) is 17.5 Å². The molecule has 6 nitrogen and oxygen atoms in total. The zero-order valence-electron chi connectivity index (χ0n) is 20.7. The minimum absolute atomic E-state index is 0.00478. The second kappa shape index (κ2) is 8.37. The predicted molar refractivity (Wildman–Crippen MR) is 138 cm³/mol. The summed E-state index contributed by atoms with van der Waals surface area (Å²) in [5.41, 5.74) is 2.11. The number of carbonyl (C=O) groups is 2. The molecular weight excluding hydrogens is 499 g/mol. The molecule has 6 rings (SSSR count). The van der Waals surface area contributed by atoms with Crippen molar-refractivity contribution in [2.75, 3.05) is 20.6 Å². The van der Waals surface area contributed by atoms with E-state index in [1.165, 1.54) is 18.1 Å². The fraction of sp³-hybridized carbons (Fsp3) is 0.500. The highest BCUT2D eigenvalue weighted by Crippen LogP contribution is 2.65. The minimum atomic E-state index is -0.680. The lowest BCUT2D eigenvalue weighted by molar-refractivity contribution is -0.221. The Hall–Kier alpha value is -2.28. The molecule has 2 heterocycles. The van der Waals surface area contributed by atoms with E-state index < -0.39 is 11.0 Å². The lowest BCUT2D eigenvalue weighted by Crippen LogP contribution is -2.78. The van der Waals surface area contributed by atoms with Gasteiger partial charge in [0, 0.05) is 19.5 Å². The Morgan fingerprint density at radius 3 is 2.75 bits per heavy atom. The molecule has 4 aliphatic rings. The van der Waals surface area contributed by atoms with Crippen LogP contribution in [0.15, 0.2) is 36.4 Å². The number of ether oxygens (including phenoxy) is 2. The van der Waals surface area contributed by atoms with Gasteiger partial charge < -0.3 is 14.4 Å². The summed E-state index contributed by atoms with van der Waals surface area (Å²) >= 11 is 12.3. The van der Waals surface area contributed by atoms with Gasteiger partial charge in [-0.2, -0.15) is 0 Å². The van der Waals surface area contributed by atoms with Crippen molar-refractivity contribution in [1.82, 2.24) is 9.80 Å². The van der Waals surface area contributed by atoms with Gasteiger partial charge in [-0.3, -0.25) is 14.5 Å². The topological polar surface area (TPSA) is 59.1 Å². The van der Waals surface area contributed by atoms with Crippen LogP contribution in [0.3, 0.4) is 0 Å². The first-order valence-electron chi connectivity index (χ1n) is 12.6. The normalized spacial score (nSPS) is 31.9. The van der Waals surface area contributed by atoms with Crippen LogP contribution in [0.5, 0.6) is 5.75 Å². The minimum Gasteiger partial charge on any atom is -0.487 e. The van der Waals surface area contributed by atoms with Crippen LogP contribution in [-0.4, -0.2) is 66.1 Å². The second-order valence-electron chi connectivity index (χ2n) is 10.8. The zero-order valence-corrected chi connectivity index (χ0v) is 22.2. The van der Waals surface area contributed by atoms with Crippen molar-refractivity contribution in [2.24, 2.45) is 0 Å². The number of amides is 1. The van der Waals surface area contributed by atoms with E-state index in [1.54, 1.807) is 12.1 Å². The monoisotopic (exact) mass is 528 g/mol. The maximum Gasteiger partial charge on any atom is 0.303 e. The molecule has 2 aromatic rings. The number of piperidine rings is 1. The van der Waals surface area contributed by atoms with Crippen LogP contribution in [0.4, 0.5) is 0 Å².